The number of rotatable bonds is 7. The summed E-state index contributed by atoms with van der Waals surface area (Å²) in [5.41, 5.74) is 1.99. The van der Waals surface area contributed by atoms with E-state index in [4.69, 9.17) is 32.7 Å². The molecule has 2 aromatic carbocycles. The van der Waals surface area contributed by atoms with Crippen LogP contribution in [0.2, 0.25) is 10.0 Å². The molecule has 3 aromatic rings. The van der Waals surface area contributed by atoms with Crippen LogP contribution in [0.4, 0.5) is 0 Å². The number of ether oxygens (including phenoxy) is 2. The third kappa shape index (κ3) is 4.06. The van der Waals surface area contributed by atoms with Crippen LogP contribution in [-0.2, 0) is 4.74 Å². The van der Waals surface area contributed by atoms with Gasteiger partial charge in [-0.15, -0.1) is 0 Å². The van der Waals surface area contributed by atoms with Crippen molar-refractivity contribution in [2.45, 2.75) is 6.92 Å². The highest BCUT2D eigenvalue weighted by atomic mass is 35.5. The van der Waals surface area contributed by atoms with Crippen LogP contribution in [0, 0.1) is 0 Å². The number of benzene rings is 2. The lowest BCUT2D eigenvalue weighted by Crippen LogP contribution is -2.08. The average Bonchev–Trinajstić information content (AvgIpc) is 3.07. The van der Waals surface area contributed by atoms with Crippen molar-refractivity contribution in [2.24, 2.45) is 0 Å². The molecular weight excluding hydrogens is 399 g/mol. The Morgan fingerprint density at radius 1 is 1.18 bits per heavy atom. The second-order valence-corrected chi connectivity index (χ2v) is 6.56. The molecule has 144 valence electrons. The van der Waals surface area contributed by atoms with Crippen LogP contribution in [0.3, 0.4) is 0 Å². The molecule has 3 rings (SSSR count). The molecular formula is C21H18Cl2N2O3. The quantitative estimate of drug-likeness (QED) is 0.372. The normalized spacial score (nSPS) is 10.5. The molecule has 0 aliphatic heterocycles. The molecule has 0 spiro atoms. The molecule has 0 atom stereocenters. The molecule has 28 heavy (non-hydrogen) atoms. The molecule has 5 nitrogen and oxygen atoms in total. The molecule has 0 aliphatic carbocycles. The first kappa shape index (κ1) is 20.0. The van der Waals surface area contributed by atoms with Crippen molar-refractivity contribution >= 4 is 29.2 Å². The largest absolute Gasteiger partial charge is 0.485 e. The summed E-state index contributed by atoms with van der Waals surface area (Å²) in [7, 11) is 0. The van der Waals surface area contributed by atoms with Crippen LogP contribution in [0.5, 0.6) is 5.75 Å². The summed E-state index contributed by atoms with van der Waals surface area (Å²) >= 11 is 12.4. The summed E-state index contributed by atoms with van der Waals surface area (Å²) in [5.74, 6) is -0.289. The van der Waals surface area contributed by atoms with E-state index in [1.54, 1.807) is 41.9 Å². The Hall–Kier alpha value is -2.76. The fourth-order valence-electron chi connectivity index (χ4n) is 2.67. The molecule has 7 heteroatoms. The first-order valence-corrected chi connectivity index (χ1v) is 9.37. The van der Waals surface area contributed by atoms with Gasteiger partial charge in [-0.3, -0.25) is 0 Å². The Balaban J connectivity index is 2.30. The number of carbonyl (C=O) groups is 1. The third-order valence-corrected chi connectivity index (χ3v) is 4.43. The zero-order chi connectivity index (χ0) is 20.1. The van der Waals surface area contributed by atoms with E-state index in [0.29, 0.717) is 27.2 Å². The lowest BCUT2D eigenvalue weighted by molar-refractivity contribution is 0.0515. The minimum atomic E-state index is -0.581. The van der Waals surface area contributed by atoms with Gasteiger partial charge in [0.15, 0.2) is 5.75 Å². The summed E-state index contributed by atoms with van der Waals surface area (Å²) < 4.78 is 12.6. The molecule has 0 radical (unpaired) electrons. The maximum absolute atomic E-state index is 12.5. The van der Waals surface area contributed by atoms with Crippen LogP contribution in [0.15, 0.2) is 61.2 Å². The fourth-order valence-corrected chi connectivity index (χ4v) is 3.02. The second kappa shape index (κ2) is 8.95. The van der Waals surface area contributed by atoms with Gasteiger partial charge in [-0.1, -0.05) is 60.1 Å². The Morgan fingerprint density at radius 2 is 1.89 bits per heavy atom. The molecule has 0 bridgehead atoms. The molecule has 0 N–H and O–H groups in total. The van der Waals surface area contributed by atoms with Gasteiger partial charge in [0, 0.05) is 10.6 Å². The van der Waals surface area contributed by atoms with Crippen molar-refractivity contribution in [3.8, 4) is 22.7 Å². The lowest BCUT2D eigenvalue weighted by Gasteiger charge is -2.11. The van der Waals surface area contributed by atoms with Gasteiger partial charge in [-0.25, -0.2) is 9.48 Å². The van der Waals surface area contributed by atoms with E-state index in [0.717, 1.165) is 5.56 Å². The molecule has 0 saturated heterocycles. The monoisotopic (exact) mass is 416 g/mol. The molecule has 0 saturated carbocycles. The molecule has 0 fully saturated rings. The van der Waals surface area contributed by atoms with Crippen LogP contribution in [0.25, 0.3) is 16.9 Å². The van der Waals surface area contributed by atoms with E-state index < -0.39 is 5.97 Å². The minimum Gasteiger partial charge on any atom is -0.485 e. The highest BCUT2D eigenvalue weighted by Gasteiger charge is 2.28. The zero-order valence-corrected chi connectivity index (χ0v) is 16.7. The predicted octanol–water partition coefficient (Wildman–Crippen LogP) is 5.59. The number of aromatic nitrogens is 2. The molecule has 1 heterocycles. The summed E-state index contributed by atoms with van der Waals surface area (Å²) in [4.78, 5) is 12.5. The van der Waals surface area contributed by atoms with Gasteiger partial charge in [0.2, 0.25) is 5.69 Å². The number of hydrogen-bond donors (Lipinski definition) is 0. The molecule has 0 amide bonds. The van der Waals surface area contributed by atoms with Crippen molar-refractivity contribution in [3.63, 3.8) is 0 Å². The first-order chi connectivity index (χ1) is 13.6. The Kier molecular flexibility index (Phi) is 6.39. The van der Waals surface area contributed by atoms with E-state index >= 15 is 0 Å². The third-order valence-electron chi connectivity index (χ3n) is 3.85. The Labute approximate surface area is 173 Å². The van der Waals surface area contributed by atoms with Crippen molar-refractivity contribution < 1.29 is 14.3 Å². The lowest BCUT2D eigenvalue weighted by atomic mass is 10.1. The number of nitrogens with zero attached hydrogens (tertiary/aromatic N) is 2. The van der Waals surface area contributed by atoms with Crippen molar-refractivity contribution in [1.82, 2.24) is 9.78 Å². The van der Waals surface area contributed by atoms with E-state index in [9.17, 15) is 4.79 Å². The molecule has 0 unspecified atom stereocenters. The standard InChI is InChI=1S/C21H18Cl2N2O3/c1-3-13-28-20-18(21(26)27-4-2)24-25(17-8-6-5-7-16(17)23)19(20)14-9-11-15(22)12-10-14/h3,5-12H,1,4,13H2,2H3. The van der Waals surface area contributed by atoms with E-state index in [2.05, 4.69) is 11.7 Å². The summed E-state index contributed by atoms with van der Waals surface area (Å²) in [6.07, 6.45) is 1.59. The second-order valence-electron chi connectivity index (χ2n) is 5.72. The van der Waals surface area contributed by atoms with E-state index in [1.807, 2.05) is 24.3 Å². The first-order valence-electron chi connectivity index (χ1n) is 8.61. The van der Waals surface area contributed by atoms with Crippen LogP contribution >= 0.6 is 23.2 Å². The predicted molar refractivity (Wildman–Crippen MR) is 111 cm³/mol. The van der Waals surface area contributed by atoms with Gasteiger partial charge in [0.1, 0.15) is 12.3 Å². The maximum Gasteiger partial charge on any atom is 0.362 e. The highest BCUT2D eigenvalue weighted by Crippen LogP contribution is 2.38. The van der Waals surface area contributed by atoms with Gasteiger partial charge in [0.05, 0.1) is 17.3 Å². The number of hydrogen-bond acceptors (Lipinski definition) is 4. The van der Waals surface area contributed by atoms with Crippen LogP contribution in [0.1, 0.15) is 17.4 Å². The Morgan fingerprint density at radius 3 is 2.54 bits per heavy atom. The number of halogens is 2. The van der Waals surface area contributed by atoms with Crippen LogP contribution in [-0.4, -0.2) is 29.0 Å². The van der Waals surface area contributed by atoms with E-state index in [-0.39, 0.29) is 18.9 Å². The molecule has 1 aromatic heterocycles. The number of esters is 1. The fraction of sp³-hybridized carbons (Fsp3) is 0.143. The Bertz CT molecular complexity index is 997. The van der Waals surface area contributed by atoms with Crippen molar-refractivity contribution in [1.29, 1.82) is 0 Å². The van der Waals surface area contributed by atoms with Gasteiger partial charge >= 0.3 is 5.97 Å². The minimum absolute atomic E-state index is 0.0635. The van der Waals surface area contributed by atoms with Gasteiger partial charge in [-0.05, 0) is 31.2 Å². The highest BCUT2D eigenvalue weighted by molar-refractivity contribution is 6.32. The molecule has 0 aliphatic rings. The summed E-state index contributed by atoms with van der Waals surface area (Å²) in [5, 5.41) is 5.54. The van der Waals surface area contributed by atoms with Crippen LogP contribution < -0.4 is 4.74 Å². The zero-order valence-electron chi connectivity index (χ0n) is 15.2. The van der Waals surface area contributed by atoms with E-state index in [1.165, 1.54) is 0 Å². The maximum atomic E-state index is 12.5. The summed E-state index contributed by atoms with van der Waals surface area (Å²) in [6.45, 7) is 5.82. The van der Waals surface area contributed by atoms with Crippen molar-refractivity contribution in [2.75, 3.05) is 13.2 Å². The van der Waals surface area contributed by atoms with Crippen molar-refractivity contribution in [3.05, 3.63) is 76.9 Å². The van der Waals surface area contributed by atoms with Gasteiger partial charge in [-0.2, -0.15) is 5.10 Å². The smallest absolute Gasteiger partial charge is 0.362 e. The number of carbonyl (C=O) groups excluding carboxylic acids is 1. The topological polar surface area (TPSA) is 53.4 Å². The summed E-state index contributed by atoms with van der Waals surface area (Å²) in [6, 6.07) is 14.4. The average molecular weight is 417 g/mol. The van der Waals surface area contributed by atoms with Gasteiger partial charge < -0.3 is 9.47 Å². The number of para-hydroxylation sites is 1. The van der Waals surface area contributed by atoms with Gasteiger partial charge in [0.25, 0.3) is 0 Å². The SMILES string of the molecule is C=CCOc1c(C(=O)OCC)nn(-c2ccccc2Cl)c1-c1ccc(Cl)cc1.